The molecule has 1 N–H and O–H groups in total. The van der Waals surface area contributed by atoms with Crippen molar-refractivity contribution < 1.29 is 33.1 Å². The van der Waals surface area contributed by atoms with Gasteiger partial charge >= 0.3 is 17.9 Å². The number of hydrogen-bond donors (Lipinski definition) is 1. The highest BCUT2D eigenvalue weighted by molar-refractivity contribution is 5.90. The average molecular weight is 526 g/mol. The summed E-state index contributed by atoms with van der Waals surface area (Å²) in [6.07, 6.45) is 1.32. The van der Waals surface area contributed by atoms with Crippen molar-refractivity contribution in [2.75, 3.05) is 24.6 Å². The maximum Gasteiger partial charge on any atom is 0.414 e. The minimum atomic E-state index is -0.611. The van der Waals surface area contributed by atoms with Crippen molar-refractivity contribution in [3.05, 3.63) is 64.4 Å². The van der Waals surface area contributed by atoms with Crippen LogP contribution in [0, 0.1) is 15.9 Å². The summed E-state index contributed by atoms with van der Waals surface area (Å²) in [6, 6.07) is 7.98. The highest BCUT2D eigenvalue weighted by atomic mass is 19.1. The average Bonchev–Trinajstić information content (AvgIpc) is 3.49. The summed E-state index contributed by atoms with van der Waals surface area (Å²) in [5, 5.41) is 13.5. The predicted octanol–water partition coefficient (Wildman–Crippen LogP) is 2.43. The molecule has 0 spiro atoms. The lowest BCUT2D eigenvalue weighted by Crippen LogP contribution is -2.33. The molecule has 2 atom stereocenters. The van der Waals surface area contributed by atoms with Gasteiger partial charge in [0.2, 0.25) is 5.91 Å². The van der Waals surface area contributed by atoms with Gasteiger partial charge in [0.05, 0.1) is 37.6 Å². The lowest BCUT2D eigenvalue weighted by atomic mass is 10.0. The number of fused-ring (bicyclic) bond motifs is 1. The summed E-state index contributed by atoms with van der Waals surface area (Å²) in [7, 11) is 0. The van der Waals surface area contributed by atoms with Crippen LogP contribution in [0.25, 0.3) is 11.1 Å². The number of nitrogens with zero attached hydrogens (tertiary/aromatic N) is 5. The Morgan fingerprint density at radius 2 is 2.16 bits per heavy atom. The van der Waals surface area contributed by atoms with Crippen molar-refractivity contribution in [3.8, 4) is 17.1 Å². The third kappa shape index (κ3) is 5.39. The van der Waals surface area contributed by atoms with Crippen molar-refractivity contribution in [2.45, 2.75) is 32.3 Å². The minimum absolute atomic E-state index is 0.114. The molecule has 2 aromatic heterocycles. The molecule has 2 aliphatic heterocycles. The Labute approximate surface area is 215 Å². The van der Waals surface area contributed by atoms with E-state index in [-0.39, 0.29) is 50.1 Å². The van der Waals surface area contributed by atoms with E-state index >= 15 is 4.39 Å². The van der Waals surface area contributed by atoms with Gasteiger partial charge in [-0.2, -0.15) is 0 Å². The van der Waals surface area contributed by atoms with Crippen LogP contribution < -0.4 is 15.0 Å². The van der Waals surface area contributed by atoms with Gasteiger partial charge in [0.15, 0.2) is 0 Å². The normalized spacial score (nSPS) is 18.5. The Balaban J connectivity index is 1.22. The van der Waals surface area contributed by atoms with E-state index in [1.54, 1.807) is 30.5 Å². The molecule has 14 heteroatoms. The zero-order valence-electron chi connectivity index (χ0n) is 20.2. The van der Waals surface area contributed by atoms with Gasteiger partial charge in [-0.25, -0.2) is 9.18 Å². The molecule has 38 heavy (non-hydrogen) atoms. The molecule has 0 unspecified atom stereocenters. The number of cyclic esters (lactones) is 1. The van der Waals surface area contributed by atoms with Gasteiger partial charge in [-0.3, -0.25) is 19.2 Å². The number of aromatic nitrogens is 3. The molecular weight excluding hydrogens is 503 g/mol. The first-order chi connectivity index (χ1) is 18.3. The number of pyridine rings is 1. The van der Waals surface area contributed by atoms with Gasteiger partial charge in [-0.1, -0.05) is 0 Å². The smallest absolute Gasteiger partial charge is 0.414 e. The van der Waals surface area contributed by atoms with E-state index in [0.29, 0.717) is 29.1 Å². The first kappa shape index (κ1) is 25.1. The molecule has 2 amide bonds. The van der Waals surface area contributed by atoms with Crippen LogP contribution in [0.5, 0.6) is 6.01 Å². The van der Waals surface area contributed by atoms with Crippen LogP contribution in [0.1, 0.15) is 12.6 Å². The topological polar surface area (TPSA) is 151 Å². The monoisotopic (exact) mass is 526 g/mol. The van der Waals surface area contributed by atoms with Crippen LogP contribution in [0.4, 0.5) is 20.7 Å². The Hall–Kier alpha value is -4.59. The molecule has 0 aliphatic carbocycles. The number of benzene rings is 1. The highest BCUT2D eigenvalue weighted by Crippen LogP contribution is 2.29. The van der Waals surface area contributed by atoms with Crippen LogP contribution in [0.3, 0.4) is 0 Å². The Morgan fingerprint density at radius 3 is 2.92 bits per heavy atom. The summed E-state index contributed by atoms with van der Waals surface area (Å²) in [5.41, 5.74) is 1.78. The highest BCUT2D eigenvalue weighted by Gasteiger charge is 2.33. The molecular formula is C24H23FN6O7. The summed E-state index contributed by atoms with van der Waals surface area (Å²) in [5.74, 6) is -1.06. The number of halogens is 1. The number of anilines is 1. The van der Waals surface area contributed by atoms with E-state index in [0.717, 1.165) is 0 Å². The van der Waals surface area contributed by atoms with Gasteiger partial charge in [-0.15, -0.1) is 0 Å². The summed E-state index contributed by atoms with van der Waals surface area (Å²) in [4.78, 5) is 43.1. The number of rotatable bonds is 8. The number of carbonyl (C=O) groups is 2. The second-order valence-corrected chi connectivity index (χ2v) is 8.79. The second-order valence-electron chi connectivity index (χ2n) is 8.79. The van der Waals surface area contributed by atoms with Crippen LogP contribution in [0.15, 0.2) is 42.7 Å². The molecule has 1 saturated heterocycles. The van der Waals surface area contributed by atoms with Crippen molar-refractivity contribution >= 4 is 23.5 Å². The first-order valence-electron chi connectivity index (χ1n) is 11.7. The zero-order chi connectivity index (χ0) is 26.8. The number of nitrogens with one attached hydrogen (secondary N) is 1. The number of ether oxygens (including phenoxy) is 3. The Kier molecular flexibility index (Phi) is 6.87. The number of carbonyl (C=O) groups excluding carboxylic acids is 2. The van der Waals surface area contributed by atoms with Crippen LogP contribution >= 0.6 is 0 Å². The van der Waals surface area contributed by atoms with Gasteiger partial charge in [-0.05, 0) is 40.8 Å². The van der Waals surface area contributed by atoms with Crippen molar-refractivity contribution in [1.82, 2.24) is 19.9 Å². The summed E-state index contributed by atoms with van der Waals surface area (Å²) >= 11 is 0. The minimum Gasteiger partial charge on any atom is -0.443 e. The van der Waals surface area contributed by atoms with Crippen LogP contribution in [-0.4, -0.2) is 63.4 Å². The van der Waals surface area contributed by atoms with Crippen LogP contribution in [0.2, 0.25) is 0 Å². The van der Waals surface area contributed by atoms with Gasteiger partial charge in [0.25, 0.3) is 0 Å². The molecule has 13 nitrogen and oxygen atoms in total. The lowest BCUT2D eigenvalue weighted by molar-refractivity contribution is -0.389. The van der Waals surface area contributed by atoms with Crippen molar-refractivity contribution in [3.63, 3.8) is 0 Å². The molecule has 0 bridgehead atoms. The van der Waals surface area contributed by atoms with E-state index in [1.807, 2.05) is 0 Å². The summed E-state index contributed by atoms with van der Waals surface area (Å²) in [6.45, 7) is 2.35. The standard InChI is InChI=1S/C24H23FN6O7/c1-14(32)27-8-18-10-30(24(33)38-18)17-2-3-20(21(25)7-17)15-4-5-26-16(6-15)12-36-19-9-29-11-22(31(34)35)28-23(29)37-13-19/h2-7,11,18-19H,8-10,12-13H2,1H3,(H,27,32)/t18-,19-/m0/s1. The largest absolute Gasteiger partial charge is 0.443 e. The van der Waals surface area contributed by atoms with Gasteiger partial charge < -0.3 is 29.6 Å². The summed E-state index contributed by atoms with van der Waals surface area (Å²) < 4.78 is 33.2. The zero-order valence-corrected chi connectivity index (χ0v) is 20.2. The molecule has 198 valence electrons. The maximum absolute atomic E-state index is 15.1. The molecule has 1 aromatic carbocycles. The van der Waals surface area contributed by atoms with E-state index in [4.69, 9.17) is 14.2 Å². The molecule has 4 heterocycles. The molecule has 1 fully saturated rings. The number of amides is 2. The maximum atomic E-state index is 15.1. The first-order valence-corrected chi connectivity index (χ1v) is 11.7. The Bertz CT molecular complexity index is 1400. The number of imidazole rings is 1. The number of nitro groups is 1. The molecule has 5 rings (SSSR count). The fourth-order valence-electron chi connectivity index (χ4n) is 4.19. The van der Waals surface area contributed by atoms with E-state index in [2.05, 4.69) is 15.3 Å². The SMILES string of the molecule is CC(=O)NC[C@H]1CN(c2ccc(-c3ccnc(CO[C@@H]4COc5nc([N+](=O)[O-])cn5C4)c3)c(F)c2)C(=O)O1. The molecule has 0 radical (unpaired) electrons. The fourth-order valence-corrected chi connectivity index (χ4v) is 4.19. The second kappa shape index (κ2) is 10.4. The lowest BCUT2D eigenvalue weighted by Gasteiger charge is -2.22. The van der Waals surface area contributed by atoms with E-state index < -0.39 is 22.9 Å². The van der Waals surface area contributed by atoms with Crippen molar-refractivity contribution in [1.29, 1.82) is 0 Å². The van der Waals surface area contributed by atoms with Crippen molar-refractivity contribution in [2.24, 2.45) is 0 Å². The third-order valence-electron chi connectivity index (χ3n) is 6.02. The third-order valence-corrected chi connectivity index (χ3v) is 6.02. The predicted molar refractivity (Wildman–Crippen MR) is 129 cm³/mol. The Morgan fingerprint density at radius 1 is 1.32 bits per heavy atom. The van der Waals surface area contributed by atoms with Crippen LogP contribution in [-0.2, 0) is 27.4 Å². The molecule has 0 saturated carbocycles. The van der Waals surface area contributed by atoms with Gasteiger partial charge in [0, 0.05) is 23.7 Å². The number of hydrogen-bond acceptors (Lipinski definition) is 9. The van der Waals surface area contributed by atoms with E-state index in [1.165, 1.54) is 28.7 Å². The van der Waals surface area contributed by atoms with E-state index in [9.17, 15) is 19.7 Å². The quantitative estimate of drug-likeness (QED) is 0.345. The molecule has 3 aromatic rings. The van der Waals surface area contributed by atoms with Gasteiger partial charge in [0.1, 0.15) is 30.8 Å². The fraction of sp³-hybridized carbons (Fsp3) is 0.333. The molecule has 2 aliphatic rings.